The van der Waals surface area contributed by atoms with E-state index in [2.05, 4.69) is 15.3 Å². The van der Waals surface area contributed by atoms with Crippen LogP contribution in [0.4, 0.5) is 5.82 Å². The zero-order valence-electron chi connectivity index (χ0n) is 13.3. The second-order valence-electron chi connectivity index (χ2n) is 5.01. The maximum absolute atomic E-state index is 12.0. The number of aromatic nitrogens is 2. The summed E-state index contributed by atoms with van der Waals surface area (Å²) in [4.78, 5) is 22.2. The predicted molar refractivity (Wildman–Crippen MR) is 87.6 cm³/mol. The Morgan fingerprint density at radius 3 is 2.68 bits per heavy atom. The highest BCUT2D eigenvalue weighted by Crippen LogP contribution is 2.34. The van der Waals surface area contributed by atoms with E-state index < -0.39 is 0 Å². The first kappa shape index (κ1) is 16.6. The van der Waals surface area contributed by atoms with Gasteiger partial charge in [-0.3, -0.25) is 0 Å². The van der Waals surface area contributed by atoms with E-state index >= 15 is 0 Å². The quantitative estimate of drug-likeness (QED) is 0.795. The number of rotatable bonds is 6. The van der Waals surface area contributed by atoms with Gasteiger partial charge >= 0.3 is 5.97 Å². The molecule has 0 fully saturated rings. The molecule has 0 amide bonds. The van der Waals surface area contributed by atoms with Crippen LogP contribution in [0.15, 0.2) is 0 Å². The normalized spacial score (nSPS) is 12.4. The maximum atomic E-state index is 12.0. The van der Waals surface area contributed by atoms with Crippen LogP contribution in [-0.4, -0.2) is 40.3 Å². The highest BCUT2D eigenvalue weighted by Gasteiger charge is 2.21. The molecule has 0 bridgehead atoms. The van der Waals surface area contributed by atoms with Gasteiger partial charge in [-0.2, -0.15) is 0 Å². The van der Waals surface area contributed by atoms with Crippen molar-refractivity contribution in [1.29, 1.82) is 0 Å². The van der Waals surface area contributed by atoms with E-state index in [1.54, 1.807) is 6.92 Å². The van der Waals surface area contributed by atoms with Crippen molar-refractivity contribution >= 4 is 33.3 Å². The molecule has 2 heterocycles. The number of esters is 1. The van der Waals surface area contributed by atoms with E-state index in [0.29, 0.717) is 23.1 Å². The highest BCUT2D eigenvalue weighted by molar-refractivity contribution is 7.20. The van der Waals surface area contributed by atoms with Crippen molar-refractivity contribution in [2.45, 2.75) is 40.2 Å². The van der Waals surface area contributed by atoms with Gasteiger partial charge in [-0.1, -0.05) is 6.92 Å². The molecular formula is C15H21N3O3S. The summed E-state index contributed by atoms with van der Waals surface area (Å²) in [5, 5.41) is 13.4. The largest absolute Gasteiger partial charge is 0.462 e. The SMILES string of the molecule is CCOC(=O)c1sc2nc(C)nc(NC(CC)CO)c2c1C. The van der Waals surface area contributed by atoms with Gasteiger partial charge in [0, 0.05) is 0 Å². The lowest BCUT2D eigenvalue weighted by molar-refractivity contribution is 0.0531. The van der Waals surface area contributed by atoms with Crippen molar-refractivity contribution in [3.8, 4) is 0 Å². The van der Waals surface area contributed by atoms with Gasteiger partial charge in [-0.25, -0.2) is 14.8 Å². The molecule has 2 rings (SSSR count). The van der Waals surface area contributed by atoms with Gasteiger partial charge in [0.15, 0.2) is 0 Å². The summed E-state index contributed by atoms with van der Waals surface area (Å²) in [5.41, 5.74) is 0.814. The smallest absolute Gasteiger partial charge is 0.348 e. The van der Waals surface area contributed by atoms with Gasteiger partial charge in [-0.15, -0.1) is 11.3 Å². The number of thiophene rings is 1. The van der Waals surface area contributed by atoms with Crippen LogP contribution in [-0.2, 0) is 4.74 Å². The summed E-state index contributed by atoms with van der Waals surface area (Å²) in [6.45, 7) is 7.81. The Hall–Kier alpha value is -1.73. The predicted octanol–water partition coefficient (Wildman–Crippen LogP) is 2.67. The second kappa shape index (κ2) is 7.02. The Morgan fingerprint density at radius 1 is 1.36 bits per heavy atom. The van der Waals surface area contributed by atoms with Crippen LogP contribution in [0, 0.1) is 13.8 Å². The number of ether oxygens (including phenoxy) is 1. The summed E-state index contributed by atoms with van der Waals surface area (Å²) in [7, 11) is 0. The van der Waals surface area contributed by atoms with Crippen molar-refractivity contribution in [1.82, 2.24) is 9.97 Å². The number of hydrogen-bond acceptors (Lipinski definition) is 7. The average Bonchev–Trinajstić information content (AvgIpc) is 2.81. The third kappa shape index (κ3) is 3.20. The maximum Gasteiger partial charge on any atom is 0.348 e. The highest BCUT2D eigenvalue weighted by atomic mass is 32.1. The van der Waals surface area contributed by atoms with Crippen LogP contribution >= 0.6 is 11.3 Å². The first-order valence-electron chi connectivity index (χ1n) is 7.34. The molecule has 0 aromatic carbocycles. The van der Waals surface area contributed by atoms with E-state index in [1.165, 1.54) is 11.3 Å². The molecule has 2 aromatic rings. The number of aliphatic hydroxyl groups excluding tert-OH is 1. The fraction of sp³-hybridized carbons (Fsp3) is 0.533. The standard InChI is InChI=1S/C15H21N3O3S/c1-5-10(7-19)18-13-11-8(3)12(15(20)21-6-2)22-14(11)17-9(4)16-13/h10,19H,5-7H2,1-4H3,(H,16,17,18). The zero-order chi connectivity index (χ0) is 16.3. The molecule has 0 saturated carbocycles. The number of anilines is 1. The van der Waals surface area contributed by atoms with Gasteiger partial charge in [0.25, 0.3) is 0 Å². The summed E-state index contributed by atoms with van der Waals surface area (Å²) in [6.07, 6.45) is 0.773. The van der Waals surface area contributed by atoms with Crippen molar-refractivity contribution < 1.29 is 14.6 Å². The number of carbonyl (C=O) groups excluding carboxylic acids is 1. The van der Waals surface area contributed by atoms with Crippen molar-refractivity contribution in [3.05, 3.63) is 16.3 Å². The second-order valence-corrected chi connectivity index (χ2v) is 6.01. The third-order valence-corrected chi connectivity index (χ3v) is 4.58. The molecule has 0 aliphatic rings. The Bertz CT molecular complexity index is 680. The number of nitrogens with one attached hydrogen (secondary N) is 1. The van der Waals surface area contributed by atoms with Crippen molar-refractivity contribution in [3.63, 3.8) is 0 Å². The molecule has 120 valence electrons. The first-order chi connectivity index (χ1) is 10.5. The molecule has 7 heteroatoms. The van der Waals surface area contributed by atoms with E-state index in [1.807, 2.05) is 20.8 Å². The summed E-state index contributed by atoms with van der Waals surface area (Å²) in [5.74, 6) is 0.952. The van der Waals surface area contributed by atoms with Gasteiger partial charge in [0.05, 0.1) is 24.6 Å². The van der Waals surface area contributed by atoms with E-state index in [-0.39, 0.29) is 18.6 Å². The molecule has 0 aliphatic carbocycles. The van der Waals surface area contributed by atoms with Crippen LogP contribution in [0.3, 0.4) is 0 Å². The number of fused-ring (bicyclic) bond motifs is 1. The van der Waals surface area contributed by atoms with Crippen LogP contribution < -0.4 is 5.32 Å². The Kier molecular flexibility index (Phi) is 5.31. The minimum atomic E-state index is -0.333. The summed E-state index contributed by atoms with van der Waals surface area (Å²) < 4.78 is 5.09. The van der Waals surface area contributed by atoms with E-state index in [9.17, 15) is 9.90 Å². The van der Waals surface area contributed by atoms with Crippen LogP contribution in [0.25, 0.3) is 10.2 Å². The lowest BCUT2D eigenvalue weighted by Crippen LogP contribution is -2.23. The number of carbonyl (C=O) groups is 1. The van der Waals surface area contributed by atoms with Gasteiger partial charge in [-0.05, 0) is 32.8 Å². The molecule has 0 radical (unpaired) electrons. The Labute approximate surface area is 133 Å². The summed E-state index contributed by atoms with van der Waals surface area (Å²) in [6, 6.07) is -0.0807. The minimum absolute atomic E-state index is 0.0228. The monoisotopic (exact) mass is 323 g/mol. The van der Waals surface area contributed by atoms with E-state index in [0.717, 1.165) is 22.2 Å². The molecule has 1 atom stereocenters. The molecule has 1 unspecified atom stereocenters. The number of nitrogens with zero attached hydrogens (tertiary/aromatic N) is 2. The number of aliphatic hydroxyl groups is 1. The first-order valence-corrected chi connectivity index (χ1v) is 8.15. The lowest BCUT2D eigenvalue weighted by Gasteiger charge is -2.16. The topological polar surface area (TPSA) is 84.3 Å². The fourth-order valence-electron chi connectivity index (χ4n) is 2.21. The van der Waals surface area contributed by atoms with E-state index in [4.69, 9.17) is 4.74 Å². The third-order valence-electron chi connectivity index (χ3n) is 3.42. The average molecular weight is 323 g/mol. The molecule has 2 aromatic heterocycles. The fourth-order valence-corrected chi connectivity index (χ4v) is 3.33. The molecule has 6 nitrogen and oxygen atoms in total. The minimum Gasteiger partial charge on any atom is -0.462 e. The van der Waals surface area contributed by atoms with Crippen molar-refractivity contribution in [2.75, 3.05) is 18.5 Å². The molecule has 2 N–H and O–H groups in total. The van der Waals surface area contributed by atoms with Crippen LogP contribution in [0.5, 0.6) is 0 Å². The van der Waals surface area contributed by atoms with Gasteiger partial charge < -0.3 is 15.2 Å². The molecule has 0 spiro atoms. The lowest BCUT2D eigenvalue weighted by atomic mass is 10.2. The van der Waals surface area contributed by atoms with Crippen molar-refractivity contribution in [2.24, 2.45) is 0 Å². The number of aryl methyl sites for hydroxylation is 2. The number of hydrogen-bond donors (Lipinski definition) is 2. The summed E-state index contributed by atoms with van der Waals surface area (Å²) >= 11 is 1.31. The van der Waals surface area contributed by atoms with Crippen LogP contribution in [0.2, 0.25) is 0 Å². The molecule has 0 saturated heterocycles. The molecule has 0 aliphatic heterocycles. The van der Waals surface area contributed by atoms with Crippen LogP contribution in [0.1, 0.15) is 41.3 Å². The Morgan fingerprint density at radius 2 is 2.09 bits per heavy atom. The van der Waals surface area contributed by atoms with Gasteiger partial charge in [0.1, 0.15) is 21.3 Å². The molecular weight excluding hydrogens is 302 g/mol. The molecule has 22 heavy (non-hydrogen) atoms. The Balaban J connectivity index is 2.54. The van der Waals surface area contributed by atoms with Gasteiger partial charge in [0.2, 0.25) is 0 Å². The zero-order valence-corrected chi connectivity index (χ0v) is 14.1.